The Morgan fingerprint density at radius 1 is 0.842 bits per heavy atom. The molecule has 0 aliphatic rings. The predicted octanol–water partition coefficient (Wildman–Crippen LogP) is -1.41. The van der Waals surface area contributed by atoms with Crippen molar-refractivity contribution in [3.05, 3.63) is 29.8 Å². The highest BCUT2D eigenvalue weighted by atomic mass is 16.4. The summed E-state index contributed by atoms with van der Waals surface area (Å²) >= 11 is 0. The van der Waals surface area contributed by atoms with Gasteiger partial charge in [0, 0.05) is 6.42 Å². The van der Waals surface area contributed by atoms with E-state index in [1.165, 1.54) is 12.1 Å². The number of hydrogen-bond acceptors (Lipinski definition) is 8. The maximum absolute atomic E-state index is 13.0. The van der Waals surface area contributed by atoms with Gasteiger partial charge in [0.15, 0.2) is 0 Å². The van der Waals surface area contributed by atoms with Crippen molar-refractivity contribution in [2.75, 3.05) is 0 Å². The lowest BCUT2D eigenvalue weighted by molar-refractivity contribution is -0.144. The van der Waals surface area contributed by atoms with Crippen LogP contribution >= 0.6 is 0 Å². The molecule has 0 radical (unpaired) electrons. The third-order valence-corrected chi connectivity index (χ3v) is 5.37. The molecular formula is C24H35N5O9. The Kier molecular flexibility index (Phi) is 12.7. The average Bonchev–Trinajstić information content (AvgIpc) is 2.81. The standard InChI is InChI=1S/C24H35N5O9/c1-12(2)9-17(28-21(34)15(25)10-13-3-5-14(30)6-4-13)22(35)29-18(11-20(32)33)23(36)27-16(24(37)38)7-8-19(26)31/h3-6,12,15-18,30H,7-11,25H2,1-2H3,(H2,26,31)(H,27,36)(H,28,34)(H,29,35)(H,32,33)(H,37,38). The number of carboxylic acid groups (broad SMARTS) is 2. The van der Waals surface area contributed by atoms with Crippen LogP contribution in [-0.2, 0) is 35.2 Å². The molecule has 1 aromatic rings. The van der Waals surface area contributed by atoms with Crippen LogP contribution in [0, 0.1) is 5.92 Å². The van der Waals surface area contributed by atoms with Gasteiger partial charge in [-0.2, -0.15) is 0 Å². The first-order valence-corrected chi connectivity index (χ1v) is 11.9. The summed E-state index contributed by atoms with van der Waals surface area (Å²) in [6, 6.07) is 0.591. The quantitative estimate of drug-likeness (QED) is 0.122. The number of aromatic hydroxyl groups is 1. The van der Waals surface area contributed by atoms with E-state index in [9.17, 15) is 44.1 Å². The van der Waals surface area contributed by atoms with Crippen LogP contribution in [0.25, 0.3) is 0 Å². The second-order valence-corrected chi connectivity index (χ2v) is 9.23. The minimum Gasteiger partial charge on any atom is -0.508 e. The van der Waals surface area contributed by atoms with Crippen molar-refractivity contribution in [1.82, 2.24) is 16.0 Å². The molecule has 38 heavy (non-hydrogen) atoms. The van der Waals surface area contributed by atoms with Gasteiger partial charge in [0.05, 0.1) is 12.5 Å². The van der Waals surface area contributed by atoms with Crippen molar-refractivity contribution in [2.45, 2.75) is 70.1 Å². The van der Waals surface area contributed by atoms with Gasteiger partial charge in [0.2, 0.25) is 23.6 Å². The summed E-state index contributed by atoms with van der Waals surface area (Å²) in [5, 5.41) is 34.8. The molecule has 0 fully saturated rings. The smallest absolute Gasteiger partial charge is 0.326 e. The molecule has 0 saturated heterocycles. The van der Waals surface area contributed by atoms with Gasteiger partial charge in [-0.25, -0.2) is 4.79 Å². The molecule has 1 rings (SSSR count). The van der Waals surface area contributed by atoms with E-state index in [1.807, 2.05) is 0 Å². The van der Waals surface area contributed by atoms with Crippen LogP contribution in [0.2, 0.25) is 0 Å². The number of carboxylic acids is 2. The first kappa shape index (κ1) is 31.8. The Bertz CT molecular complexity index is 1010. The Morgan fingerprint density at radius 3 is 1.87 bits per heavy atom. The van der Waals surface area contributed by atoms with Crippen LogP contribution in [-0.4, -0.2) is 75.1 Å². The molecule has 14 nitrogen and oxygen atoms in total. The van der Waals surface area contributed by atoms with Crippen molar-refractivity contribution >= 4 is 35.6 Å². The fourth-order valence-electron chi connectivity index (χ4n) is 3.43. The zero-order valence-electron chi connectivity index (χ0n) is 21.2. The molecule has 0 heterocycles. The molecule has 4 atom stereocenters. The van der Waals surface area contributed by atoms with Crippen molar-refractivity contribution in [1.29, 1.82) is 0 Å². The molecule has 0 bridgehead atoms. The molecule has 0 saturated carbocycles. The third-order valence-electron chi connectivity index (χ3n) is 5.37. The number of carbonyl (C=O) groups excluding carboxylic acids is 4. The molecule has 14 heteroatoms. The number of phenols is 1. The Morgan fingerprint density at radius 2 is 1.37 bits per heavy atom. The molecule has 4 unspecified atom stereocenters. The van der Waals surface area contributed by atoms with Crippen LogP contribution < -0.4 is 27.4 Å². The zero-order valence-corrected chi connectivity index (χ0v) is 21.2. The summed E-state index contributed by atoms with van der Waals surface area (Å²) in [4.78, 5) is 72.2. The van der Waals surface area contributed by atoms with Gasteiger partial charge in [0.1, 0.15) is 23.9 Å². The maximum atomic E-state index is 13.0. The summed E-state index contributed by atoms with van der Waals surface area (Å²) in [5.74, 6) is -6.42. The van der Waals surface area contributed by atoms with Gasteiger partial charge >= 0.3 is 11.9 Å². The minimum atomic E-state index is -1.67. The molecular weight excluding hydrogens is 502 g/mol. The Balaban J connectivity index is 2.97. The first-order valence-electron chi connectivity index (χ1n) is 11.9. The second-order valence-electron chi connectivity index (χ2n) is 9.23. The van der Waals surface area contributed by atoms with Gasteiger partial charge in [0.25, 0.3) is 0 Å². The number of rotatable bonds is 16. The van der Waals surface area contributed by atoms with E-state index in [1.54, 1.807) is 26.0 Å². The average molecular weight is 538 g/mol. The van der Waals surface area contributed by atoms with Crippen molar-refractivity contribution < 1.29 is 44.1 Å². The van der Waals surface area contributed by atoms with Crippen molar-refractivity contribution in [3.8, 4) is 5.75 Å². The summed E-state index contributed by atoms with van der Waals surface area (Å²) in [6.07, 6.45) is -1.33. The maximum Gasteiger partial charge on any atom is 0.326 e. The van der Waals surface area contributed by atoms with Crippen LogP contribution in [0.15, 0.2) is 24.3 Å². The van der Waals surface area contributed by atoms with Gasteiger partial charge < -0.3 is 42.7 Å². The normalized spacial score (nSPS) is 14.0. The molecule has 0 spiro atoms. The van der Waals surface area contributed by atoms with E-state index in [0.29, 0.717) is 5.56 Å². The highest BCUT2D eigenvalue weighted by Gasteiger charge is 2.32. The molecule has 1 aromatic carbocycles. The molecule has 10 N–H and O–H groups in total. The van der Waals surface area contributed by atoms with E-state index in [2.05, 4.69) is 16.0 Å². The largest absolute Gasteiger partial charge is 0.508 e. The van der Waals surface area contributed by atoms with E-state index in [4.69, 9.17) is 11.5 Å². The first-order chi connectivity index (χ1) is 17.7. The topological polar surface area (TPSA) is 251 Å². The van der Waals surface area contributed by atoms with Crippen LogP contribution in [0.5, 0.6) is 5.75 Å². The molecule has 0 aliphatic heterocycles. The number of aliphatic carboxylic acids is 2. The van der Waals surface area contributed by atoms with Crippen LogP contribution in [0.3, 0.4) is 0 Å². The summed E-state index contributed by atoms with van der Waals surface area (Å²) in [5.41, 5.74) is 11.7. The molecule has 0 aromatic heterocycles. The summed E-state index contributed by atoms with van der Waals surface area (Å²) in [6.45, 7) is 3.56. The van der Waals surface area contributed by atoms with E-state index >= 15 is 0 Å². The lowest BCUT2D eigenvalue weighted by Gasteiger charge is -2.25. The predicted molar refractivity (Wildman–Crippen MR) is 133 cm³/mol. The van der Waals surface area contributed by atoms with Gasteiger partial charge in [-0.3, -0.25) is 24.0 Å². The summed E-state index contributed by atoms with van der Waals surface area (Å²) in [7, 11) is 0. The Labute approximate surface area is 219 Å². The monoisotopic (exact) mass is 537 g/mol. The van der Waals surface area contributed by atoms with E-state index < -0.39 is 66.2 Å². The number of carbonyl (C=O) groups is 6. The number of hydrogen-bond donors (Lipinski definition) is 8. The number of nitrogens with one attached hydrogen (secondary N) is 3. The lowest BCUT2D eigenvalue weighted by Crippen LogP contribution is -2.57. The SMILES string of the molecule is CC(C)CC(NC(=O)C(N)Cc1ccc(O)cc1)C(=O)NC(CC(=O)O)C(=O)NC(CCC(N)=O)C(=O)O. The number of nitrogens with two attached hydrogens (primary N) is 2. The highest BCUT2D eigenvalue weighted by molar-refractivity contribution is 5.95. The number of phenolic OH excluding ortho intramolecular Hbond substituents is 1. The number of benzene rings is 1. The summed E-state index contributed by atoms with van der Waals surface area (Å²) < 4.78 is 0. The fraction of sp³-hybridized carbons (Fsp3) is 0.500. The van der Waals surface area contributed by atoms with Crippen LogP contribution in [0.1, 0.15) is 45.1 Å². The molecule has 0 aliphatic carbocycles. The van der Waals surface area contributed by atoms with Gasteiger partial charge in [-0.15, -0.1) is 0 Å². The van der Waals surface area contributed by atoms with Crippen molar-refractivity contribution in [3.63, 3.8) is 0 Å². The number of primary amides is 1. The molecule has 4 amide bonds. The van der Waals surface area contributed by atoms with E-state index in [0.717, 1.165) is 0 Å². The molecule has 210 valence electrons. The fourth-order valence-corrected chi connectivity index (χ4v) is 3.43. The van der Waals surface area contributed by atoms with Crippen LogP contribution in [0.4, 0.5) is 0 Å². The lowest BCUT2D eigenvalue weighted by atomic mass is 10.0. The Hall–Kier alpha value is -4.20. The minimum absolute atomic E-state index is 0.0444. The van der Waals surface area contributed by atoms with E-state index in [-0.39, 0.29) is 37.4 Å². The van der Waals surface area contributed by atoms with Gasteiger partial charge in [-0.05, 0) is 42.9 Å². The van der Waals surface area contributed by atoms with Gasteiger partial charge in [-0.1, -0.05) is 26.0 Å². The third kappa shape index (κ3) is 11.7. The second kappa shape index (κ2) is 15.1. The highest BCUT2D eigenvalue weighted by Crippen LogP contribution is 2.12. The van der Waals surface area contributed by atoms with Crippen molar-refractivity contribution in [2.24, 2.45) is 17.4 Å². The number of amides is 4. The zero-order chi connectivity index (χ0) is 29.0.